The van der Waals surface area contributed by atoms with Crippen LogP contribution in [-0.2, 0) is 0 Å². The van der Waals surface area contributed by atoms with Crippen LogP contribution in [0.25, 0.3) is 0 Å². The average molecular weight is 376 g/mol. The van der Waals surface area contributed by atoms with Gasteiger partial charge in [-0.2, -0.15) is 10.5 Å². The van der Waals surface area contributed by atoms with Crippen molar-refractivity contribution in [2.75, 3.05) is 13.2 Å². The highest BCUT2D eigenvalue weighted by atomic mass is 16.5. The van der Waals surface area contributed by atoms with Crippen molar-refractivity contribution in [3.05, 3.63) is 59.7 Å². The molecule has 2 rings (SSSR count). The summed E-state index contributed by atoms with van der Waals surface area (Å²) in [5, 5.41) is 17.5. The molecular formula is C24H28N2O2. The molecule has 28 heavy (non-hydrogen) atoms. The topological polar surface area (TPSA) is 66.0 Å². The first-order valence-electron chi connectivity index (χ1n) is 10.1. The zero-order valence-corrected chi connectivity index (χ0v) is 16.4. The van der Waals surface area contributed by atoms with Gasteiger partial charge in [-0.1, -0.05) is 38.5 Å². The molecule has 146 valence electrons. The maximum Gasteiger partial charge on any atom is 0.119 e. The van der Waals surface area contributed by atoms with Crippen LogP contribution < -0.4 is 9.47 Å². The molecular weight excluding hydrogens is 348 g/mol. The number of hydrogen-bond donors (Lipinski definition) is 0. The maximum atomic E-state index is 8.76. The van der Waals surface area contributed by atoms with Crippen molar-refractivity contribution in [3.8, 4) is 23.6 Å². The molecule has 0 aliphatic rings. The van der Waals surface area contributed by atoms with Crippen LogP contribution in [0.5, 0.6) is 11.5 Å². The Morgan fingerprint density at radius 3 is 1.14 bits per heavy atom. The van der Waals surface area contributed by atoms with Crippen molar-refractivity contribution in [1.29, 1.82) is 10.5 Å². The molecule has 4 heteroatoms. The van der Waals surface area contributed by atoms with Gasteiger partial charge in [0.05, 0.1) is 36.5 Å². The number of hydrogen-bond acceptors (Lipinski definition) is 4. The molecule has 0 amide bonds. The minimum absolute atomic E-state index is 0.660. The highest BCUT2D eigenvalue weighted by Gasteiger charge is 1.97. The van der Waals surface area contributed by atoms with Crippen molar-refractivity contribution in [3.63, 3.8) is 0 Å². The van der Waals surface area contributed by atoms with Crippen molar-refractivity contribution in [2.45, 2.75) is 51.4 Å². The Balaban J connectivity index is 1.37. The first kappa shape index (κ1) is 21.3. The molecule has 0 atom stereocenters. The number of ether oxygens (including phenoxy) is 2. The Bertz CT molecular complexity index is 688. The van der Waals surface area contributed by atoms with E-state index in [-0.39, 0.29) is 0 Å². The fourth-order valence-corrected chi connectivity index (χ4v) is 2.90. The molecule has 2 aromatic rings. The minimum atomic E-state index is 0.660. The fourth-order valence-electron chi connectivity index (χ4n) is 2.90. The van der Waals surface area contributed by atoms with Gasteiger partial charge >= 0.3 is 0 Å². The lowest BCUT2D eigenvalue weighted by molar-refractivity contribution is 0.301. The Kier molecular flexibility index (Phi) is 10.1. The van der Waals surface area contributed by atoms with Crippen LogP contribution in [0.3, 0.4) is 0 Å². The number of rotatable bonds is 13. The third-order valence-corrected chi connectivity index (χ3v) is 4.54. The van der Waals surface area contributed by atoms with Gasteiger partial charge in [0.1, 0.15) is 11.5 Å². The zero-order chi connectivity index (χ0) is 19.9. The van der Waals surface area contributed by atoms with Crippen molar-refractivity contribution in [2.24, 2.45) is 0 Å². The number of nitriles is 2. The van der Waals surface area contributed by atoms with Crippen LogP contribution in [0.2, 0.25) is 0 Å². The van der Waals surface area contributed by atoms with E-state index in [9.17, 15) is 0 Å². The van der Waals surface area contributed by atoms with E-state index in [1.54, 1.807) is 24.3 Å². The first-order valence-corrected chi connectivity index (χ1v) is 10.1. The lowest BCUT2D eigenvalue weighted by Gasteiger charge is -2.07. The van der Waals surface area contributed by atoms with Crippen LogP contribution >= 0.6 is 0 Å². The van der Waals surface area contributed by atoms with Crippen LogP contribution in [0.4, 0.5) is 0 Å². The Labute approximate surface area is 168 Å². The second-order valence-electron chi connectivity index (χ2n) is 6.80. The van der Waals surface area contributed by atoms with Gasteiger partial charge in [-0.05, 0) is 61.4 Å². The molecule has 0 heterocycles. The van der Waals surface area contributed by atoms with Gasteiger partial charge in [0.2, 0.25) is 0 Å². The SMILES string of the molecule is N#Cc1ccc(OCCCCCCCCCCOc2ccc(C#N)cc2)cc1. The summed E-state index contributed by atoms with van der Waals surface area (Å²) in [7, 11) is 0. The van der Waals surface area contributed by atoms with Crippen LogP contribution in [-0.4, -0.2) is 13.2 Å². The van der Waals surface area contributed by atoms with Gasteiger partial charge in [0, 0.05) is 0 Å². The molecule has 2 aromatic carbocycles. The fraction of sp³-hybridized carbons (Fsp3) is 0.417. The lowest BCUT2D eigenvalue weighted by atomic mass is 10.1. The van der Waals surface area contributed by atoms with Gasteiger partial charge in [-0.25, -0.2) is 0 Å². The molecule has 0 saturated heterocycles. The van der Waals surface area contributed by atoms with E-state index in [2.05, 4.69) is 12.1 Å². The predicted molar refractivity (Wildman–Crippen MR) is 110 cm³/mol. The number of nitrogens with zero attached hydrogens (tertiary/aromatic N) is 2. The van der Waals surface area contributed by atoms with E-state index in [4.69, 9.17) is 20.0 Å². The molecule has 0 spiro atoms. The summed E-state index contributed by atoms with van der Waals surface area (Å²) in [4.78, 5) is 0. The third kappa shape index (κ3) is 8.60. The molecule has 0 aliphatic heterocycles. The van der Waals surface area contributed by atoms with Crippen molar-refractivity contribution < 1.29 is 9.47 Å². The molecule has 0 fully saturated rings. The van der Waals surface area contributed by atoms with Gasteiger partial charge in [0.25, 0.3) is 0 Å². The van der Waals surface area contributed by atoms with Crippen LogP contribution in [0.1, 0.15) is 62.5 Å². The third-order valence-electron chi connectivity index (χ3n) is 4.54. The second-order valence-corrected chi connectivity index (χ2v) is 6.80. The van der Waals surface area contributed by atoms with Gasteiger partial charge < -0.3 is 9.47 Å². The Hall–Kier alpha value is -2.98. The van der Waals surface area contributed by atoms with Gasteiger partial charge in [-0.15, -0.1) is 0 Å². The molecule has 0 radical (unpaired) electrons. The largest absolute Gasteiger partial charge is 0.494 e. The summed E-state index contributed by atoms with van der Waals surface area (Å²) in [6, 6.07) is 18.7. The minimum Gasteiger partial charge on any atom is -0.494 e. The molecule has 4 nitrogen and oxygen atoms in total. The molecule has 0 saturated carbocycles. The normalized spacial score (nSPS) is 10.1. The molecule has 0 aromatic heterocycles. The summed E-state index contributed by atoms with van der Waals surface area (Å²) in [6.07, 6.45) is 9.56. The van der Waals surface area contributed by atoms with Crippen molar-refractivity contribution in [1.82, 2.24) is 0 Å². The number of benzene rings is 2. The van der Waals surface area contributed by atoms with E-state index >= 15 is 0 Å². The summed E-state index contributed by atoms with van der Waals surface area (Å²) in [5.74, 6) is 1.67. The summed E-state index contributed by atoms with van der Waals surface area (Å²) in [6.45, 7) is 1.47. The standard InChI is InChI=1S/C24H28N2O2/c25-19-21-9-13-23(14-10-21)27-17-7-5-3-1-2-4-6-8-18-28-24-15-11-22(20-26)12-16-24/h9-16H,1-8,17-18H2. The van der Waals surface area contributed by atoms with E-state index in [0.29, 0.717) is 11.1 Å². The molecule has 0 aliphatic carbocycles. The molecule has 0 N–H and O–H groups in total. The highest BCUT2D eigenvalue weighted by molar-refractivity contribution is 5.35. The van der Waals surface area contributed by atoms with E-state index in [0.717, 1.165) is 37.6 Å². The van der Waals surface area contributed by atoms with Gasteiger partial charge in [0.15, 0.2) is 0 Å². The van der Waals surface area contributed by atoms with E-state index in [1.165, 1.54) is 38.5 Å². The predicted octanol–water partition coefficient (Wildman–Crippen LogP) is 6.01. The van der Waals surface area contributed by atoms with Crippen LogP contribution in [0.15, 0.2) is 48.5 Å². The molecule has 0 unspecified atom stereocenters. The highest BCUT2D eigenvalue weighted by Crippen LogP contribution is 2.14. The lowest BCUT2D eigenvalue weighted by Crippen LogP contribution is -1.98. The quantitative estimate of drug-likeness (QED) is 0.402. The van der Waals surface area contributed by atoms with E-state index in [1.807, 2.05) is 24.3 Å². The first-order chi connectivity index (χ1) is 13.8. The maximum absolute atomic E-state index is 8.76. The Morgan fingerprint density at radius 2 is 0.821 bits per heavy atom. The van der Waals surface area contributed by atoms with E-state index < -0.39 is 0 Å². The Morgan fingerprint density at radius 1 is 0.500 bits per heavy atom. The van der Waals surface area contributed by atoms with Crippen molar-refractivity contribution >= 4 is 0 Å². The summed E-state index contributed by atoms with van der Waals surface area (Å²) < 4.78 is 11.4. The second kappa shape index (κ2) is 13.2. The zero-order valence-electron chi connectivity index (χ0n) is 16.4. The summed E-state index contributed by atoms with van der Waals surface area (Å²) >= 11 is 0. The van der Waals surface area contributed by atoms with Gasteiger partial charge in [-0.3, -0.25) is 0 Å². The monoisotopic (exact) mass is 376 g/mol. The average Bonchev–Trinajstić information content (AvgIpc) is 2.75. The summed E-state index contributed by atoms with van der Waals surface area (Å²) in [5.41, 5.74) is 1.32. The number of unbranched alkanes of at least 4 members (excludes halogenated alkanes) is 7. The smallest absolute Gasteiger partial charge is 0.119 e. The molecule has 0 bridgehead atoms. The van der Waals surface area contributed by atoms with Crippen LogP contribution in [0, 0.1) is 22.7 Å².